The molecule has 0 aromatic rings. The van der Waals surface area contributed by atoms with E-state index in [1.807, 2.05) is 27.7 Å². The number of rotatable bonds is 0. The van der Waals surface area contributed by atoms with E-state index in [0.29, 0.717) is 0 Å². The van der Waals surface area contributed by atoms with Crippen LogP contribution in [0.3, 0.4) is 0 Å². The van der Waals surface area contributed by atoms with Crippen LogP contribution in [0.2, 0.25) is 0 Å². The fraction of sp³-hybridized carbons (Fsp3) is 1.00. The molecule has 0 heterocycles. The lowest BCUT2D eigenvalue weighted by Crippen LogP contribution is -1.95. The second-order valence-corrected chi connectivity index (χ2v) is 3.38. The van der Waals surface area contributed by atoms with Crippen molar-refractivity contribution in [1.82, 2.24) is 0 Å². The molecule has 0 N–H and O–H groups in total. The van der Waals surface area contributed by atoms with E-state index in [0.717, 1.165) is 0 Å². The molecule has 1 aliphatic rings. The third-order valence-corrected chi connectivity index (χ3v) is 2.12. The predicted octanol–water partition coefficient (Wildman–Crippen LogP) is 2.44. The lowest BCUT2D eigenvalue weighted by molar-refractivity contribution is 0.457. The van der Waals surface area contributed by atoms with Gasteiger partial charge in [0.05, 0.1) is 0 Å². The van der Waals surface area contributed by atoms with Gasteiger partial charge in [0.2, 0.25) is 0 Å². The zero-order valence-electron chi connectivity index (χ0n) is 7.50. The Hall–Kier alpha value is 0. The Balaban J connectivity index is 2.91. The molecular formula is C7H14. The molecule has 0 unspecified atom stereocenters. The third-order valence-electron chi connectivity index (χ3n) is 2.12. The Labute approximate surface area is 48.7 Å². The highest BCUT2D eigenvalue weighted by atomic mass is 14.6. The van der Waals surface area contributed by atoms with E-state index in [9.17, 15) is 0 Å². The van der Waals surface area contributed by atoms with E-state index in [2.05, 4.69) is 0 Å². The second kappa shape index (κ2) is 0.888. The van der Waals surface area contributed by atoms with E-state index < -0.39 is 6.37 Å². The largest absolute Gasteiger partial charge is 0.0594 e. The van der Waals surface area contributed by atoms with Crippen molar-refractivity contribution >= 4 is 0 Å². The summed E-state index contributed by atoms with van der Waals surface area (Å²) in [5.41, 5.74) is -0.250. The van der Waals surface area contributed by atoms with Gasteiger partial charge in [0.25, 0.3) is 0 Å². The monoisotopic (exact) mass is 100 g/mol. The minimum absolute atomic E-state index is 0.125. The molecule has 1 saturated carbocycles. The molecule has 0 aromatic carbocycles. The van der Waals surface area contributed by atoms with Crippen molar-refractivity contribution < 1.29 is 2.74 Å². The van der Waals surface area contributed by atoms with Crippen molar-refractivity contribution in [3.8, 4) is 0 Å². The smallest absolute Gasteiger partial charge is 0.0278 e. The van der Waals surface area contributed by atoms with E-state index in [1.165, 1.54) is 0 Å². The summed E-state index contributed by atoms with van der Waals surface area (Å²) in [6.07, 6.45) is -0.958. The van der Waals surface area contributed by atoms with Gasteiger partial charge in [-0.05, 0) is 17.2 Å². The van der Waals surface area contributed by atoms with E-state index >= 15 is 0 Å². The normalized spacial score (nSPS) is 44.0. The SMILES string of the molecule is [2H]C1([2H])C(C)(C)C1(C)C. The molecule has 0 spiro atoms. The van der Waals surface area contributed by atoms with E-state index in [-0.39, 0.29) is 10.8 Å². The fourth-order valence-electron chi connectivity index (χ4n) is 0.750. The molecule has 0 atom stereocenters. The highest BCUT2D eigenvalue weighted by Crippen LogP contribution is 2.62. The Morgan fingerprint density at radius 3 is 1.29 bits per heavy atom. The summed E-state index contributed by atoms with van der Waals surface area (Å²) < 4.78 is 15.0. The van der Waals surface area contributed by atoms with Crippen molar-refractivity contribution in [2.24, 2.45) is 10.8 Å². The van der Waals surface area contributed by atoms with Gasteiger partial charge in [0.15, 0.2) is 0 Å². The summed E-state index contributed by atoms with van der Waals surface area (Å²) >= 11 is 0. The maximum absolute atomic E-state index is 7.52. The van der Waals surface area contributed by atoms with Crippen LogP contribution in [0.1, 0.15) is 36.8 Å². The molecule has 0 aliphatic heterocycles. The van der Waals surface area contributed by atoms with Crippen molar-refractivity contribution in [3.63, 3.8) is 0 Å². The van der Waals surface area contributed by atoms with Gasteiger partial charge in [-0.3, -0.25) is 0 Å². The first-order chi connectivity index (χ1) is 3.75. The molecule has 0 aromatic heterocycles. The van der Waals surface area contributed by atoms with Crippen molar-refractivity contribution in [2.45, 2.75) is 34.1 Å². The minimum Gasteiger partial charge on any atom is -0.0594 e. The molecule has 0 nitrogen and oxygen atoms in total. The number of hydrogen-bond acceptors (Lipinski definition) is 0. The van der Waals surface area contributed by atoms with E-state index in [1.54, 1.807) is 0 Å². The number of hydrogen-bond donors (Lipinski definition) is 0. The first kappa shape index (κ1) is 3.11. The van der Waals surface area contributed by atoms with Gasteiger partial charge in [-0.15, -0.1) is 0 Å². The average Bonchev–Trinajstić information content (AvgIpc) is 1.84. The third kappa shape index (κ3) is 0.568. The van der Waals surface area contributed by atoms with E-state index in [4.69, 9.17) is 2.74 Å². The molecule has 0 radical (unpaired) electrons. The second-order valence-electron chi connectivity index (χ2n) is 3.38. The van der Waals surface area contributed by atoms with Crippen LogP contribution in [0.5, 0.6) is 0 Å². The van der Waals surface area contributed by atoms with Gasteiger partial charge < -0.3 is 0 Å². The van der Waals surface area contributed by atoms with Crippen molar-refractivity contribution in [3.05, 3.63) is 0 Å². The van der Waals surface area contributed by atoms with Crippen LogP contribution in [0.4, 0.5) is 0 Å². The molecule has 1 aliphatic carbocycles. The standard InChI is InChI=1S/C7H14/c1-6(2)5-7(6,3)4/h5H2,1-4H3/i5D2. The van der Waals surface area contributed by atoms with Gasteiger partial charge >= 0.3 is 0 Å². The molecular weight excluding hydrogens is 84.1 g/mol. The van der Waals surface area contributed by atoms with Gasteiger partial charge in [0, 0.05) is 2.74 Å². The Kier molecular flexibility index (Phi) is 0.394. The van der Waals surface area contributed by atoms with Gasteiger partial charge in [-0.1, -0.05) is 27.7 Å². The molecule has 42 valence electrons. The summed E-state index contributed by atoms with van der Waals surface area (Å²) in [4.78, 5) is 0. The molecule has 0 bridgehead atoms. The fourth-order valence-corrected chi connectivity index (χ4v) is 0.750. The van der Waals surface area contributed by atoms with Crippen molar-refractivity contribution in [2.75, 3.05) is 0 Å². The van der Waals surface area contributed by atoms with Gasteiger partial charge in [-0.2, -0.15) is 0 Å². The Morgan fingerprint density at radius 1 is 1.14 bits per heavy atom. The topological polar surface area (TPSA) is 0 Å². The van der Waals surface area contributed by atoms with Crippen molar-refractivity contribution in [1.29, 1.82) is 0 Å². The van der Waals surface area contributed by atoms with Crippen LogP contribution >= 0.6 is 0 Å². The van der Waals surface area contributed by atoms with Crippen LogP contribution in [0, 0.1) is 10.8 Å². The first-order valence-corrected chi connectivity index (χ1v) is 2.75. The lowest BCUT2D eigenvalue weighted by atomic mass is 10.0. The van der Waals surface area contributed by atoms with Crippen LogP contribution in [-0.4, -0.2) is 0 Å². The minimum atomic E-state index is -0.958. The zero-order valence-corrected chi connectivity index (χ0v) is 5.50. The summed E-state index contributed by atoms with van der Waals surface area (Å²) in [6, 6.07) is 0. The maximum atomic E-state index is 7.52. The summed E-state index contributed by atoms with van der Waals surface area (Å²) in [5, 5.41) is 0. The molecule has 1 rings (SSSR count). The van der Waals surface area contributed by atoms with Crippen LogP contribution in [0.25, 0.3) is 0 Å². The predicted molar refractivity (Wildman–Crippen MR) is 32.2 cm³/mol. The molecule has 0 heteroatoms. The summed E-state index contributed by atoms with van der Waals surface area (Å²) in [5.74, 6) is 0. The molecule has 0 amide bonds. The highest BCUT2D eigenvalue weighted by molar-refractivity contribution is 5.02. The van der Waals surface area contributed by atoms with Crippen LogP contribution < -0.4 is 0 Å². The maximum Gasteiger partial charge on any atom is 0.0278 e. The Bertz CT molecular complexity index is 104. The Morgan fingerprint density at radius 2 is 1.29 bits per heavy atom. The molecule has 0 saturated heterocycles. The molecule has 7 heavy (non-hydrogen) atoms. The first-order valence-electron chi connectivity index (χ1n) is 3.75. The average molecular weight is 100 g/mol. The highest BCUT2D eigenvalue weighted by Gasteiger charge is 2.53. The van der Waals surface area contributed by atoms with Gasteiger partial charge in [0.1, 0.15) is 0 Å². The quantitative estimate of drug-likeness (QED) is 0.438. The van der Waals surface area contributed by atoms with Crippen LogP contribution in [0.15, 0.2) is 0 Å². The molecule has 1 fully saturated rings. The van der Waals surface area contributed by atoms with Crippen LogP contribution in [-0.2, 0) is 0 Å². The zero-order chi connectivity index (χ0) is 7.50. The lowest BCUT2D eigenvalue weighted by Gasteiger charge is -2.04. The summed E-state index contributed by atoms with van der Waals surface area (Å²) in [6.45, 7) is 7.92. The van der Waals surface area contributed by atoms with Gasteiger partial charge in [-0.25, -0.2) is 0 Å². The summed E-state index contributed by atoms with van der Waals surface area (Å²) in [7, 11) is 0.